The molecule has 9 nitrogen and oxygen atoms in total. The van der Waals surface area contributed by atoms with Crippen molar-refractivity contribution in [3.05, 3.63) is 94.5 Å². The van der Waals surface area contributed by atoms with Gasteiger partial charge in [-0.1, -0.05) is 18.2 Å². The fraction of sp³-hybridized carbons (Fsp3) is 0.314. The Labute approximate surface area is 257 Å². The van der Waals surface area contributed by atoms with Gasteiger partial charge in [0, 0.05) is 30.3 Å². The second-order valence-electron chi connectivity index (χ2n) is 11.5. The van der Waals surface area contributed by atoms with E-state index >= 15 is 0 Å². The number of fused-ring (bicyclic) bond motifs is 2. The summed E-state index contributed by atoms with van der Waals surface area (Å²) in [6.07, 6.45) is 2.29. The number of benzene rings is 4. The molecule has 3 N–H and O–H groups in total. The van der Waals surface area contributed by atoms with Gasteiger partial charge >= 0.3 is 0 Å². The number of phenols is 3. The first kappa shape index (κ1) is 29.5. The molecule has 0 aromatic heterocycles. The molecule has 0 fully saturated rings. The molecule has 230 valence electrons. The van der Waals surface area contributed by atoms with E-state index < -0.39 is 0 Å². The molecule has 2 atom stereocenters. The van der Waals surface area contributed by atoms with Crippen LogP contribution in [0, 0.1) is 0 Å². The summed E-state index contributed by atoms with van der Waals surface area (Å²) in [6, 6.07) is 20.6. The Morgan fingerprint density at radius 3 is 2.11 bits per heavy atom. The van der Waals surface area contributed by atoms with E-state index in [0.717, 1.165) is 41.6 Å². The Kier molecular flexibility index (Phi) is 8.16. The molecule has 0 saturated heterocycles. The van der Waals surface area contributed by atoms with E-state index in [1.54, 1.807) is 19.2 Å². The predicted molar refractivity (Wildman–Crippen MR) is 166 cm³/mol. The molecule has 0 aliphatic carbocycles. The number of phenolic OH excluding ortho intramolecular Hbond substituents is 3. The Bertz CT molecular complexity index is 1660. The van der Waals surface area contributed by atoms with Crippen molar-refractivity contribution in [1.29, 1.82) is 0 Å². The van der Waals surface area contributed by atoms with E-state index in [1.165, 1.54) is 12.7 Å². The maximum Gasteiger partial charge on any atom is 0.169 e. The second kappa shape index (κ2) is 12.2. The Balaban J connectivity index is 1.18. The maximum atomic E-state index is 10.6. The summed E-state index contributed by atoms with van der Waals surface area (Å²) >= 11 is 0. The van der Waals surface area contributed by atoms with Crippen molar-refractivity contribution in [3.8, 4) is 46.0 Å². The van der Waals surface area contributed by atoms with E-state index in [1.807, 2.05) is 61.6 Å². The van der Waals surface area contributed by atoms with Crippen molar-refractivity contribution in [1.82, 2.24) is 9.80 Å². The monoisotopic (exact) mass is 598 g/mol. The third kappa shape index (κ3) is 5.80. The van der Waals surface area contributed by atoms with Crippen LogP contribution in [0.4, 0.5) is 0 Å². The zero-order valence-corrected chi connectivity index (χ0v) is 25.4. The Morgan fingerprint density at radius 2 is 1.36 bits per heavy atom. The summed E-state index contributed by atoms with van der Waals surface area (Å²) in [5.74, 6) is 2.81. The lowest BCUT2D eigenvalue weighted by Gasteiger charge is -2.35. The van der Waals surface area contributed by atoms with Crippen molar-refractivity contribution in [2.75, 3.05) is 41.6 Å². The lowest BCUT2D eigenvalue weighted by molar-refractivity contribution is 0.0819. The van der Waals surface area contributed by atoms with Gasteiger partial charge in [-0.05, 0) is 98.1 Å². The van der Waals surface area contributed by atoms with Gasteiger partial charge in [-0.25, -0.2) is 0 Å². The number of methoxy groups -OCH3 is 2. The minimum absolute atomic E-state index is 0.0341. The van der Waals surface area contributed by atoms with Crippen molar-refractivity contribution in [2.24, 2.45) is 0 Å². The molecule has 9 heteroatoms. The molecule has 2 unspecified atom stereocenters. The zero-order chi connectivity index (χ0) is 31.0. The maximum absolute atomic E-state index is 10.6. The van der Waals surface area contributed by atoms with Gasteiger partial charge in [-0.2, -0.15) is 0 Å². The van der Waals surface area contributed by atoms with Crippen LogP contribution in [-0.2, 0) is 19.3 Å². The number of likely N-dealkylation sites (N-methyl/N-ethyl adjacent to an activating group) is 2. The lowest BCUT2D eigenvalue weighted by atomic mass is 9.88. The first-order chi connectivity index (χ1) is 21.2. The van der Waals surface area contributed by atoms with Crippen molar-refractivity contribution in [3.63, 3.8) is 0 Å². The highest BCUT2D eigenvalue weighted by molar-refractivity contribution is 5.53. The standard InChI is InChI=1S/C35H38N2O7/c1-36-12-11-23-16-33(41-3)30(39)17-25(23)27(36)14-22-7-10-29(38)35(15-22)44-24-8-5-21(6-9-24)13-28-26-18-34(42-4)31(40)19-32(26)43-20-37(28)2/h5-10,15-19,27-28,38-40H,11-14,20H2,1-4H3. The quantitative estimate of drug-likeness (QED) is 0.227. The topological polar surface area (TPSA) is 104 Å². The minimum Gasteiger partial charge on any atom is -0.504 e. The van der Waals surface area contributed by atoms with Crippen LogP contribution in [0.5, 0.6) is 46.0 Å². The molecule has 0 bridgehead atoms. The van der Waals surface area contributed by atoms with Crippen LogP contribution in [0.1, 0.15) is 39.9 Å². The van der Waals surface area contributed by atoms with Crippen molar-refractivity contribution >= 4 is 0 Å². The molecule has 2 heterocycles. The number of rotatable bonds is 8. The third-order valence-electron chi connectivity index (χ3n) is 8.73. The molecule has 2 aliphatic heterocycles. The SMILES string of the molecule is COc1cc2c(cc1O)C(Cc1ccc(O)c(Oc3ccc(CC4c5cc(OC)c(O)cc5OCN4C)cc3)c1)N(C)CC2. The van der Waals surface area contributed by atoms with Gasteiger partial charge in [-0.15, -0.1) is 0 Å². The van der Waals surface area contributed by atoms with Crippen molar-refractivity contribution in [2.45, 2.75) is 31.3 Å². The predicted octanol–water partition coefficient (Wildman–Crippen LogP) is 5.95. The van der Waals surface area contributed by atoms with Gasteiger partial charge in [0.05, 0.1) is 14.2 Å². The Hall–Kier alpha value is -4.60. The van der Waals surface area contributed by atoms with Crippen LogP contribution in [-0.4, -0.2) is 66.7 Å². The fourth-order valence-corrected chi connectivity index (χ4v) is 6.19. The molecule has 4 aromatic rings. The number of nitrogens with zero attached hydrogens (tertiary/aromatic N) is 2. The molecule has 0 spiro atoms. The van der Waals surface area contributed by atoms with Crippen LogP contribution in [0.25, 0.3) is 0 Å². The lowest BCUT2D eigenvalue weighted by Crippen LogP contribution is -2.34. The number of aromatic hydroxyl groups is 3. The highest BCUT2D eigenvalue weighted by Gasteiger charge is 2.29. The molecular formula is C35H38N2O7. The second-order valence-corrected chi connectivity index (χ2v) is 11.5. The van der Waals surface area contributed by atoms with Crippen LogP contribution in [0.3, 0.4) is 0 Å². The molecule has 0 amide bonds. The zero-order valence-electron chi connectivity index (χ0n) is 25.4. The van der Waals surface area contributed by atoms with E-state index in [9.17, 15) is 15.3 Å². The average Bonchev–Trinajstić information content (AvgIpc) is 3.02. The van der Waals surface area contributed by atoms with Gasteiger partial charge in [0.1, 0.15) is 18.2 Å². The fourth-order valence-electron chi connectivity index (χ4n) is 6.19. The molecule has 4 aromatic carbocycles. The normalized spacial score (nSPS) is 18.2. The molecule has 0 radical (unpaired) electrons. The third-order valence-corrected chi connectivity index (χ3v) is 8.73. The molecule has 44 heavy (non-hydrogen) atoms. The van der Waals surface area contributed by atoms with Gasteiger partial charge in [0.2, 0.25) is 0 Å². The Morgan fingerprint density at radius 1 is 0.705 bits per heavy atom. The average molecular weight is 599 g/mol. The van der Waals surface area contributed by atoms with E-state index in [-0.39, 0.29) is 29.3 Å². The van der Waals surface area contributed by atoms with Crippen LogP contribution in [0.15, 0.2) is 66.7 Å². The smallest absolute Gasteiger partial charge is 0.169 e. The summed E-state index contributed by atoms with van der Waals surface area (Å²) in [6.45, 7) is 1.31. The van der Waals surface area contributed by atoms with Gasteiger partial charge < -0.3 is 34.3 Å². The minimum atomic E-state index is 0.0341. The summed E-state index contributed by atoms with van der Waals surface area (Å²) in [5, 5.41) is 31.3. The van der Waals surface area contributed by atoms with E-state index in [0.29, 0.717) is 41.9 Å². The van der Waals surface area contributed by atoms with E-state index in [2.05, 4.69) is 16.8 Å². The summed E-state index contributed by atoms with van der Waals surface area (Å²) in [4.78, 5) is 4.40. The molecule has 0 saturated carbocycles. The summed E-state index contributed by atoms with van der Waals surface area (Å²) in [7, 11) is 7.19. The van der Waals surface area contributed by atoms with Crippen LogP contribution in [0.2, 0.25) is 0 Å². The largest absolute Gasteiger partial charge is 0.504 e. The summed E-state index contributed by atoms with van der Waals surface area (Å²) < 4.78 is 22.6. The van der Waals surface area contributed by atoms with Gasteiger partial charge in [-0.3, -0.25) is 9.80 Å². The molecule has 2 aliphatic rings. The van der Waals surface area contributed by atoms with Gasteiger partial charge in [0.15, 0.2) is 34.5 Å². The highest BCUT2D eigenvalue weighted by atomic mass is 16.5. The first-order valence-electron chi connectivity index (χ1n) is 14.7. The first-order valence-corrected chi connectivity index (χ1v) is 14.7. The number of hydrogen-bond donors (Lipinski definition) is 3. The van der Waals surface area contributed by atoms with Crippen molar-refractivity contribution < 1.29 is 34.3 Å². The van der Waals surface area contributed by atoms with Gasteiger partial charge in [0.25, 0.3) is 0 Å². The van der Waals surface area contributed by atoms with Crippen LogP contribution < -0.4 is 18.9 Å². The van der Waals surface area contributed by atoms with Crippen LogP contribution >= 0.6 is 0 Å². The highest BCUT2D eigenvalue weighted by Crippen LogP contribution is 2.43. The van der Waals surface area contributed by atoms with E-state index in [4.69, 9.17) is 18.9 Å². The molecular weight excluding hydrogens is 560 g/mol. The number of hydrogen-bond acceptors (Lipinski definition) is 9. The summed E-state index contributed by atoms with van der Waals surface area (Å²) in [5.41, 5.74) is 5.32. The molecule has 6 rings (SSSR count). The number of ether oxygens (including phenoxy) is 4.